The summed E-state index contributed by atoms with van der Waals surface area (Å²) in [6.07, 6.45) is 3.46. The molecule has 1 heterocycles. The molecule has 0 bridgehead atoms. The highest BCUT2D eigenvalue weighted by Crippen LogP contribution is 2.25. The van der Waals surface area contributed by atoms with E-state index in [1.54, 1.807) is 0 Å². The second kappa shape index (κ2) is 3.75. The number of aliphatic hydroxyl groups is 1. The smallest absolute Gasteiger partial charge is 0.0594 e. The fourth-order valence-electron chi connectivity index (χ4n) is 1.97. The zero-order chi connectivity index (χ0) is 9.19. The summed E-state index contributed by atoms with van der Waals surface area (Å²) in [4.78, 5) is 2.36. The highest BCUT2D eigenvalue weighted by Gasteiger charge is 2.23. The van der Waals surface area contributed by atoms with Crippen LogP contribution in [0.2, 0.25) is 0 Å². The van der Waals surface area contributed by atoms with Gasteiger partial charge in [-0.2, -0.15) is 0 Å². The molecule has 0 aliphatic carbocycles. The first-order valence-electron chi connectivity index (χ1n) is 4.88. The summed E-state index contributed by atoms with van der Waals surface area (Å²) in [5, 5.41) is 9.62. The van der Waals surface area contributed by atoms with Gasteiger partial charge in [0.25, 0.3) is 0 Å². The maximum absolute atomic E-state index is 9.62. The third-order valence-electron chi connectivity index (χ3n) is 2.63. The molecule has 1 aliphatic heterocycles. The van der Waals surface area contributed by atoms with E-state index in [1.807, 2.05) is 13.8 Å². The number of hydrogen-bond acceptors (Lipinski definition) is 2. The molecule has 0 radical (unpaired) electrons. The number of hydrogen-bond donors (Lipinski definition) is 1. The first-order valence-corrected chi connectivity index (χ1v) is 4.88. The van der Waals surface area contributed by atoms with Gasteiger partial charge >= 0.3 is 0 Å². The zero-order valence-electron chi connectivity index (χ0n) is 8.51. The number of likely N-dealkylation sites (tertiary alicyclic amines) is 1. The molecule has 1 aliphatic rings. The lowest BCUT2D eigenvalue weighted by molar-refractivity contribution is 0.0399. The summed E-state index contributed by atoms with van der Waals surface area (Å²) in [5.41, 5.74) is -0.472. The summed E-state index contributed by atoms with van der Waals surface area (Å²) in [7, 11) is 2.17. The van der Waals surface area contributed by atoms with E-state index in [-0.39, 0.29) is 0 Å². The SMILES string of the molecule is CN1CCC(CC(C)(C)O)CC1. The monoisotopic (exact) mass is 171 g/mol. The van der Waals surface area contributed by atoms with E-state index in [0.29, 0.717) is 0 Å². The van der Waals surface area contributed by atoms with E-state index in [9.17, 15) is 5.11 Å². The van der Waals surface area contributed by atoms with Crippen molar-refractivity contribution in [3.63, 3.8) is 0 Å². The zero-order valence-corrected chi connectivity index (χ0v) is 8.51. The van der Waals surface area contributed by atoms with Crippen molar-refractivity contribution in [2.45, 2.75) is 38.7 Å². The van der Waals surface area contributed by atoms with E-state index in [2.05, 4.69) is 11.9 Å². The number of rotatable bonds is 2. The highest BCUT2D eigenvalue weighted by atomic mass is 16.3. The van der Waals surface area contributed by atoms with Gasteiger partial charge in [0.1, 0.15) is 0 Å². The summed E-state index contributed by atoms with van der Waals surface area (Å²) in [6, 6.07) is 0. The number of nitrogens with zero attached hydrogens (tertiary/aromatic N) is 1. The molecule has 1 saturated heterocycles. The fraction of sp³-hybridized carbons (Fsp3) is 1.00. The Hall–Kier alpha value is -0.0800. The molecule has 0 aromatic heterocycles. The highest BCUT2D eigenvalue weighted by molar-refractivity contribution is 4.76. The minimum atomic E-state index is -0.472. The van der Waals surface area contributed by atoms with Gasteiger partial charge in [-0.3, -0.25) is 0 Å². The van der Waals surface area contributed by atoms with E-state index in [1.165, 1.54) is 25.9 Å². The Morgan fingerprint density at radius 3 is 2.25 bits per heavy atom. The molecule has 1 N–H and O–H groups in total. The Morgan fingerprint density at radius 1 is 1.33 bits per heavy atom. The third kappa shape index (κ3) is 3.55. The van der Waals surface area contributed by atoms with E-state index >= 15 is 0 Å². The molecular formula is C10H21NO. The van der Waals surface area contributed by atoms with Gasteiger partial charge in [-0.05, 0) is 59.2 Å². The van der Waals surface area contributed by atoms with Gasteiger partial charge in [-0.1, -0.05) is 0 Å². The maximum Gasteiger partial charge on any atom is 0.0594 e. The molecule has 2 nitrogen and oxygen atoms in total. The summed E-state index contributed by atoms with van der Waals surface area (Å²) >= 11 is 0. The molecule has 0 amide bonds. The van der Waals surface area contributed by atoms with Crippen LogP contribution in [0.25, 0.3) is 0 Å². The van der Waals surface area contributed by atoms with Crippen LogP contribution in [0, 0.1) is 5.92 Å². The van der Waals surface area contributed by atoms with Crippen LogP contribution in [0.15, 0.2) is 0 Å². The molecule has 0 spiro atoms. The predicted octanol–water partition coefficient (Wildman–Crippen LogP) is 1.49. The van der Waals surface area contributed by atoms with Gasteiger partial charge in [-0.15, -0.1) is 0 Å². The quantitative estimate of drug-likeness (QED) is 0.680. The van der Waals surface area contributed by atoms with Crippen molar-refractivity contribution in [1.82, 2.24) is 4.90 Å². The average Bonchev–Trinajstić information content (AvgIpc) is 1.91. The molecule has 72 valence electrons. The molecule has 1 rings (SSSR count). The Morgan fingerprint density at radius 2 is 1.83 bits per heavy atom. The lowest BCUT2D eigenvalue weighted by atomic mass is 9.86. The van der Waals surface area contributed by atoms with Crippen molar-refractivity contribution in [2.24, 2.45) is 5.92 Å². The predicted molar refractivity (Wildman–Crippen MR) is 51.1 cm³/mol. The van der Waals surface area contributed by atoms with Crippen LogP contribution < -0.4 is 0 Å². The normalized spacial score (nSPS) is 23.0. The van der Waals surface area contributed by atoms with Crippen molar-refractivity contribution >= 4 is 0 Å². The number of piperidine rings is 1. The summed E-state index contributed by atoms with van der Waals surface area (Å²) in [6.45, 7) is 6.21. The largest absolute Gasteiger partial charge is 0.390 e. The average molecular weight is 171 g/mol. The van der Waals surface area contributed by atoms with Crippen molar-refractivity contribution < 1.29 is 5.11 Å². The molecule has 0 aromatic carbocycles. The van der Waals surface area contributed by atoms with Crippen LogP contribution in [0.3, 0.4) is 0 Å². The standard InChI is InChI=1S/C10H21NO/c1-10(2,12)8-9-4-6-11(3)7-5-9/h9,12H,4-8H2,1-3H3. The van der Waals surface area contributed by atoms with Crippen molar-refractivity contribution in [2.75, 3.05) is 20.1 Å². The fourth-order valence-corrected chi connectivity index (χ4v) is 1.97. The summed E-state index contributed by atoms with van der Waals surface area (Å²) in [5.74, 6) is 0.737. The topological polar surface area (TPSA) is 23.5 Å². The first-order chi connectivity index (χ1) is 5.47. The Balaban J connectivity index is 2.26. The van der Waals surface area contributed by atoms with Crippen molar-refractivity contribution in [1.29, 1.82) is 0 Å². The lowest BCUT2D eigenvalue weighted by Gasteiger charge is -2.32. The van der Waals surface area contributed by atoms with Crippen LogP contribution in [0.1, 0.15) is 33.1 Å². The van der Waals surface area contributed by atoms with Gasteiger partial charge in [0.05, 0.1) is 5.60 Å². The lowest BCUT2D eigenvalue weighted by Crippen LogP contribution is -2.33. The minimum Gasteiger partial charge on any atom is -0.390 e. The van der Waals surface area contributed by atoms with Crippen molar-refractivity contribution in [3.8, 4) is 0 Å². The Bertz CT molecular complexity index is 131. The van der Waals surface area contributed by atoms with Crippen LogP contribution in [-0.2, 0) is 0 Å². The van der Waals surface area contributed by atoms with Crippen LogP contribution in [0.5, 0.6) is 0 Å². The molecule has 0 atom stereocenters. The van der Waals surface area contributed by atoms with E-state index in [4.69, 9.17) is 0 Å². The Labute approximate surface area is 75.6 Å². The summed E-state index contributed by atoms with van der Waals surface area (Å²) < 4.78 is 0. The van der Waals surface area contributed by atoms with Gasteiger partial charge in [0.15, 0.2) is 0 Å². The van der Waals surface area contributed by atoms with E-state index < -0.39 is 5.60 Å². The molecule has 0 saturated carbocycles. The third-order valence-corrected chi connectivity index (χ3v) is 2.63. The minimum absolute atomic E-state index is 0.472. The van der Waals surface area contributed by atoms with Gasteiger partial charge < -0.3 is 10.0 Å². The van der Waals surface area contributed by atoms with Crippen LogP contribution >= 0.6 is 0 Å². The van der Waals surface area contributed by atoms with E-state index in [0.717, 1.165) is 12.3 Å². The molecule has 12 heavy (non-hydrogen) atoms. The molecule has 0 unspecified atom stereocenters. The second-order valence-electron chi connectivity index (χ2n) is 4.76. The van der Waals surface area contributed by atoms with Gasteiger partial charge in [0, 0.05) is 0 Å². The Kier molecular flexibility index (Phi) is 3.13. The van der Waals surface area contributed by atoms with Crippen LogP contribution in [-0.4, -0.2) is 35.7 Å². The maximum atomic E-state index is 9.62. The molecule has 2 heteroatoms. The second-order valence-corrected chi connectivity index (χ2v) is 4.76. The van der Waals surface area contributed by atoms with Gasteiger partial charge in [0.2, 0.25) is 0 Å². The van der Waals surface area contributed by atoms with Crippen LogP contribution in [0.4, 0.5) is 0 Å². The van der Waals surface area contributed by atoms with Crippen molar-refractivity contribution in [3.05, 3.63) is 0 Å². The first kappa shape index (κ1) is 10.0. The molecular weight excluding hydrogens is 150 g/mol. The molecule has 1 fully saturated rings. The van der Waals surface area contributed by atoms with Gasteiger partial charge in [-0.25, -0.2) is 0 Å². The molecule has 0 aromatic rings.